The molecule has 8 rings (SSSR count). The van der Waals surface area contributed by atoms with Crippen LogP contribution < -0.4 is 28.4 Å². The molecule has 9 heteroatoms. The fourth-order valence-corrected chi connectivity index (χ4v) is 7.41. The molecule has 4 aromatic rings. The molecule has 4 heterocycles. The number of hydrogen-bond acceptors (Lipinski definition) is 8. The molecule has 4 aromatic carbocycles. The number of likely N-dealkylation sites (N-methyl/N-ethyl adjacent to an activating group) is 2. The molecule has 0 aliphatic carbocycles. The highest BCUT2D eigenvalue weighted by Crippen LogP contribution is 2.53. The van der Waals surface area contributed by atoms with Gasteiger partial charge in [0.15, 0.2) is 34.5 Å². The maximum atomic E-state index is 14.4. The van der Waals surface area contributed by atoms with Gasteiger partial charge in [0, 0.05) is 25.4 Å². The van der Waals surface area contributed by atoms with Gasteiger partial charge in [-0.15, -0.1) is 0 Å². The minimum atomic E-state index is -0.504. The Hall–Kier alpha value is -4.44. The first kappa shape index (κ1) is 31.2. The monoisotopic (exact) mass is 638 g/mol. The van der Waals surface area contributed by atoms with E-state index < -0.39 is 10.7 Å². The number of hydroxylamine groups is 3. The van der Waals surface area contributed by atoms with Crippen LogP contribution in [0.1, 0.15) is 45.5 Å². The van der Waals surface area contributed by atoms with Gasteiger partial charge in [0.05, 0.1) is 47.6 Å². The van der Waals surface area contributed by atoms with Crippen molar-refractivity contribution in [2.24, 2.45) is 0 Å². The van der Waals surface area contributed by atoms with E-state index in [9.17, 15) is 5.21 Å². The van der Waals surface area contributed by atoms with E-state index in [1.54, 1.807) is 35.5 Å². The van der Waals surface area contributed by atoms with Crippen molar-refractivity contribution in [3.05, 3.63) is 99.3 Å². The van der Waals surface area contributed by atoms with Crippen molar-refractivity contribution < 1.29 is 33.1 Å². The van der Waals surface area contributed by atoms with Gasteiger partial charge in [0.25, 0.3) is 0 Å². The van der Waals surface area contributed by atoms with Gasteiger partial charge in [0.2, 0.25) is 5.75 Å². The molecule has 0 aromatic heterocycles. The third kappa shape index (κ3) is 5.62. The van der Waals surface area contributed by atoms with E-state index in [-0.39, 0.29) is 6.04 Å². The van der Waals surface area contributed by atoms with Crippen molar-refractivity contribution in [1.29, 1.82) is 0 Å². The van der Waals surface area contributed by atoms with Crippen LogP contribution in [-0.2, 0) is 25.7 Å². The van der Waals surface area contributed by atoms with Gasteiger partial charge in [-0.2, -0.15) is 0 Å². The molecule has 3 atom stereocenters. The normalized spacial score (nSPS) is 21.8. The topological polar surface area (TPSA) is 81.7 Å². The van der Waals surface area contributed by atoms with Crippen molar-refractivity contribution in [3.63, 3.8) is 0 Å². The first-order valence-corrected chi connectivity index (χ1v) is 16.1. The van der Waals surface area contributed by atoms with E-state index in [4.69, 9.17) is 28.4 Å². The summed E-state index contributed by atoms with van der Waals surface area (Å²) < 4.78 is 36.3. The number of benzene rings is 4. The molecule has 4 aliphatic heterocycles. The molecule has 0 amide bonds. The van der Waals surface area contributed by atoms with Gasteiger partial charge in [-0.3, -0.25) is 4.90 Å². The maximum absolute atomic E-state index is 14.4. The average Bonchev–Trinajstić information content (AvgIpc) is 3.07. The van der Waals surface area contributed by atoms with Crippen molar-refractivity contribution in [2.45, 2.75) is 37.8 Å². The number of fused-ring (bicyclic) bond motifs is 2. The third-order valence-corrected chi connectivity index (χ3v) is 10.1. The molecular formula is C38H42N2O7. The third-order valence-electron chi connectivity index (χ3n) is 10.1. The van der Waals surface area contributed by atoms with Crippen LogP contribution in [0.4, 0.5) is 0 Å². The smallest absolute Gasteiger partial charge is 0.204 e. The lowest BCUT2D eigenvalue weighted by Crippen LogP contribution is -2.47. The lowest BCUT2D eigenvalue weighted by atomic mass is 9.86. The van der Waals surface area contributed by atoms with Gasteiger partial charge in [0.1, 0.15) is 11.8 Å². The summed E-state index contributed by atoms with van der Waals surface area (Å²) in [6.45, 7) is 1.34. The second-order valence-electron chi connectivity index (χ2n) is 12.9. The summed E-state index contributed by atoms with van der Waals surface area (Å²) in [5, 5.41) is 14.4. The number of quaternary nitrogens is 1. The molecule has 9 nitrogen and oxygen atoms in total. The molecular weight excluding hydrogens is 596 g/mol. The fraction of sp³-hybridized carbons (Fsp3) is 0.368. The highest BCUT2D eigenvalue weighted by atomic mass is 16.6. The zero-order valence-electron chi connectivity index (χ0n) is 27.9. The number of methoxy groups -OCH3 is 4. The van der Waals surface area contributed by atoms with E-state index in [2.05, 4.69) is 36.2 Å². The van der Waals surface area contributed by atoms with E-state index in [1.807, 2.05) is 36.4 Å². The number of rotatable bonds is 4. The first-order valence-electron chi connectivity index (χ1n) is 16.1. The summed E-state index contributed by atoms with van der Waals surface area (Å²) in [4.78, 5) is 2.39. The number of ether oxygens (including phenoxy) is 6. The average molecular weight is 639 g/mol. The molecule has 0 radical (unpaired) electrons. The number of nitrogens with zero attached hydrogens (tertiary/aromatic N) is 2. The Bertz CT molecular complexity index is 1800. The molecule has 0 N–H and O–H groups in total. The molecule has 47 heavy (non-hydrogen) atoms. The molecule has 0 saturated heterocycles. The van der Waals surface area contributed by atoms with Crippen LogP contribution >= 0.6 is 0 Å². The van der Waals surface area contributed by atoms with Gasteiger partial charge < -0.3 is 38.3 Å². The molecule has 6 bridgehead atoms. The highest BCUT2D eigenvalue weighted by molar-refractivity contribution is 5.63. The minimum Gasteiger partial charge on any atom is -0.633 e. The van der Waals surface area contributed by atoms with Crippen molar-refractivity contribution >= 4 is 0 Å². The van der Waals surface area contributed by atoms with Crippen molar-refractivity contribution in [2.75, 3.05) is 55.6 Å². The van der Waals surface area contributed by atoms with Crippen molar-refractivity contribution in [1.82, 2.24) is 4.90 Å². The fourth-order valence-electron chi connectivity index (χ4n) is 7.41. The predicted octanol–water partition coefficient (Wildman–Crippen LogP) is 7.18. The summed E-state index contributed by atoms with van der Waals surface area (Å²) in [5.74, 6) is 4.61. The van der Waals surface area contributed by atoms with Crippen LogP contribution in [0.25, 0.3) is 0 Å². The van der Waals surface area contributed by atoms with E-state index >= 15 is 0 Å². The van der Waals surface area contributed by atoms with Gasteiger partial charge in [-0.05, 0) is 90.2 Å². The maximum Gasteiger partial charge on any atom is 0.204 e. The first-order chi connectivity index (χ1) is 22.7. The Morgan fingerprint density at radius 1 is 0.745 bits per heavy atom. The van der Waals surface area contributed by atoms with Crippen LogP contribution in [0, 0.1) is 5.21 Å². The van der Waals surface area contributed by atoms with Crippen LogP contribution in [0.5, 0.6) is 46.0 Å². The lowest BCUT2D eigenvalue weighted by Gasteiger charge is -2.49. The zero-order chi connectivity index (χ0) is 32.9. The van der Waals surface area contributed by atoms with E-state index in [1.165, 1.54) is 16.7 Å². The molecule has 1 unspecified atom stereocenters. The molecule has 0 fully saturated rings. The summed E-state index contributed by atoms with van der Waals surface area (Å²) in [6.07, 6.45) is 2.72. The Morgan fingerprint density at radius 2 is 1.45 bits per heavy atom. The highest BCUT2D eigenvalue weighted by Gasteiger charge is 2.39. The lowest BCUT2D eigenvalue weighted by molar-refractivity contribution is -0.894. The van der Waals surface area contributed by atoms with Crippen LogP contribution in [0.3, 0.4) is 0 Å². The SMILES string of the molecule is COc1ccc2cc1Oc1ccc(cc1)C[C@H]1c3cc(c(OC)cc3CCN1C)Oc1c(OC)c(OC)cc3c1[C@H](C2)[N+](C)([O-])CC3. The van der Waals surface area contributed by atoms with Crippen LogP contribution in [0.15, 0.2) is 60.7 Å². The molecule has 246 valence electrons. The molecule has 4 aliphatic rings. The summed E-state index contributed by atoms with van der Waals surface area (Å²) in [7, 11) is 10.4. The van der Waals surface area contributed by atoms with Crippen LogP contribution in [-0.4, -0.2) is 65.2 Å². The van der Waals surface area contributed by atoms with Gasteiger partial charge in [-0.1, -0.05) is 18.2 Å². The largest absolute Gasteiger partial charge is 0.633 e. The van der Waals surface area contributed by atoms with E-state index in [0.717, 1.165) is 41.8 Å². The molecule has 0 spiro atoms. The second kappa shape index (κ2) is 12.3. The van der Waals surface area contributed by atoms with Crippen molar-refractivity contribution in [3.8, 4) is 46.0 Å². The second-order valence-corrected chi connectivity index (χ2v) is 12.9. The summed E-state index contributed by atoms with van der Waals surface area (Å²) in [5.41, 5.74) is 6.37. The Balaban J connectivity index is 1.49. The Morgan fingerprint density at radius 3 is 2.17 bits per heavy atom. The zero-order valence-corrected chi connectivity index (χ0v) is 27.9. The van der Waals surface area contributed by atoms with Gasteiger partial charge >= 0.3 is 0 Å². The Kier molecular flexibility index (Phi) is 8.16. The Labute approximate surface area is 276 Å². The summed E-state index contributed by atoms with van der Waals surface area (Å²) >= 11 is 0. The standard InChI is InChI=1S/C38H42N2O7/c1-39-15-13-25-20-32(43-4)34-22-28(25)29(39)17-23-7-10-27(11-8-23)46-33-19-24(9-12-31(33)42-3)18-30-36-26(14-16-40(30,2)41)21-35(44-5)37(45-6)38(36)47-34/h7-12,19-22,29-30H,13-18H2,1-6H3/t29-,30-,40?/m0/s1. The van der Waals surface area contributed by atoms with E-state index in [0.29, 0.717) is 59.6 Å². The van der Waals surface area contributed by atoms with Gasteiger partial charge in [-0.25, -0.2) is 0 Å². The number of hydrogen-bond donors (Lipinski definition) is 0. The minimum absolute atomic E-state index is 0.116. The quantitative estimate of drug-likeness (QED) is 0.172. The summed E-state index contributed by atoms with van der Waals surface area (Å²) in [6, 6.07) is 19.9. The van der Waals surface area contributed by atoms with Crippen LogP contribution in [0.2, 0.25) is 0 Å². The predicted molar refractivity (Wildman–Crippen MR) is 179 cm³/mol. The molecule has 0 saturated carbocycles.